The van der Waals surface area contributed by atoms with E-state index in [1.807, 2.05) is 0 Å². The first kappa shape index (κ1) is 14.0. The monoisotopic (exact) mass is 244 g/mol. The molecule has 1 unspecified atom stereocenters. The third-order valence-electron chi connectivity index (χ3n) is 2.45. The van der Waals surface area contributed by atoms with Gasteiger partial charge < -0.3 is 19.3 Å². The molecule has 0 aliphatic rings. The van der Waals surface area contributed by atoms with Gasteiger partial charge in [0.05, 0.1) is 26.5 Å². The Balaban J connectivity index is 2.40. The van der Waals surface area contributed by atoms with Crippen LogP contribution in [0.3, 0.4) is 0 Å². The largest absolute Gasteiger partial charge is 0.493 e. The molecule has 1 aromatic rings. The first-order valence-corrected chi connectivity index (χ1v) is 5.51. The van der Waals surface area contributed by atoms with Crippen molar-refractivity contribution in [2.24, 2.45) is 7.05 Å². The number of nitrogens with zero attached hydrogens (tertiary/aromatic N) is 2. The van der Waals surface area contributed by atoms with Crippen LogP contribution in [-0.2, 0) is 16.5 Å². The number of hydrogen-bond donors (Lipinski definition) is 1. The summed E-state index contributed by atoms with van der Waals surface area (Å²) in [6.07, 6.45) is 1.45. The van der Waals surface area contributed by atoms with Crippen LogP contribution in [0.5, 0.6) is 5.75 Å². The average Bonchev–Trinajstić information content (AvgIpc) is 2.70. The van der Waals surface area contributed by atoms with Gasteiger partial charge in [-0.3, -0.25) is 4.68 Å². The second-order valence-electron chi connectivity index (χ2n) is 3.63. The molecule has 1 N–H and O–H groups in total. The predicted molar refractivity (Wildman–Crippen MR) is 62.0 cm³/mol. The maximum absolute atomic E-state index is 10.0. The van der Waals surface area contributed by atoms with Crippen molar-refractivity contribution in [2.45, 2.75) is 12.5 Å². The third kappa shape index (κ3) is 3.99. The number of aliphatic hydroxyl groups is 1. The van der Waals surface area contributed by atoms with Crippen LogP contribution < -0.4 is 4.74 Å². The van der Waals surface area contributed by atoms with E-state index in [1.165, 1.54) is 0 Å². The van der Waals surface area contributed by atoms with E-state index in [0.717, 1.165) is 0 Å². The van der Waals surface area contributed by atoms with Gasteiger partial charge in [0.25, 0.3) is 0 Å². The van der Waals surface area contributed by atoms with Crippen molar-refractivity contribution in [3.05, 3.63) is 11.9 Å². The van der Waals surface area contributed by atoms with Crippen LogP contribution in [-0.4, -0.2) is 48.9 Å². The standard InChI is InChI=1S/C11H20N2O4/c1-13-11(10(16-3)8-12-13)9(14)4-5-17-7-6-15-2/h8-9,14H,4-7H2,1-3H3. The van der Waals surface area contributed by atoms with E-state index >= 15 is 0 Å². The molecule has 0 aliphatic carbocycles. The average molecular weight is 244 g/mol. The van der Waals surface area contributed by atoms with Crippen molar-refractivity contribution < 1.29 is 19.3 Å². The molecule has 0 saturated carbocycles. The second-order valence-corrected chi connectivity index (χ2v) is 3.63. The van der Waals surface area contributed by atoms with Gasteiger partial charge in [0.2, 0.25) is 0 Å². The van der Waals surface area contributed by atoms with Crippen molar-refractivity contribution in [1.29, 1.82) is 0 Å². The third-order valence-corrected chi connectivity index (χ3v) is 2.45. The highest BCUT2D eigenvalue weighted by Crippen LogP contribution is 2.26. The number of aryl methyl sites for hydroxylation is 1. The Hall–Kier alpha value is -1.11. The maximum atomic E-state index is 10.0. The minimum absolute atomic E-state index is 0.471. The smallest absolute Gasteiger partial charge is 0.162 e. The Kier molecular flexibility index (Phi) is 5.96. The molecule has 0 amide bonds. The predicted octanol–water partition coefficient (Wildman–Crippen LogP) is 0.515. The summed E-state index contributed by atoms with van der Waals surface area (Å²) in [6, 6.07) is 0. The molecule has 0 spiro atoms. The van der Waals surface area contributed by atoms with Gasteiger partial charge in [0.1, 0.15) is 11.8 Å². The van der Waals surface area contributed by atoms with Crippen LogP contribution in [0.15, 0.2) is 6.20 Å². The summed E-state index contributed by atoms with van der Waals surface area (Å²) in [4.78, 5) is 0. The van der Waals surface area contributed by atoms with E-state index in [-0.39, 0.29) is 0 Å². The maximum Gasteiger partial charge on any atom is 0.162 e. The minimum atomic E-state index is -0.639. The van der Waals surface area contributed by atoms with E-state index in [2.05, 4.69) is 5.10 Å². The molecule has 6 nitrogen and oxygen atoms in total. The summed E-state index contributed by atoms with van der Waals surface area (Å²) in [5.41, 5.74) is 0.669. The van der Waals surface area contributed by atoms with Gasteiger partial charge >= 0.3 is 0 Å². The molecule has 0 radical (unpaired) electrons. The zero-order valence-electron chi connectivity index (χ0n) is 10.5. The van der Waals surface area contributed by atoms with Crippen LogP contribution in [0.25, 0.3) is 0 Å². The summed E-state index contributed by atoms with van der Waals surface area (Å²) < 4.78 is 16.9. The van der Waals surface area contributed by atoms with Gasteiger partial charge in [-0.25, -0.2) is 0 Å². The Morgan fingerprint density at radius 3 is 2.76 bits per heavy atom. The van der Waals surface area contributed by atoms with E-state index in [0.29, 0.717) is 37.7 Å². The number of hydrogen-bond acceptors (Lipinski definition) is 5. The van der Waals surface area contributed by atoms with Crippen molar-refractivity contribution in [2.75, 3.05) is 34.0 Å². The molecule has 0 fully saturated rings. The Morgan fingerprint density at radius 2 is 2.12 bits per heavy atom. The lowest BCUT2D eigenvalue weighted by Crippen LogP contribution is -2.11. The minimum Gasteiger partial charge on any atom is -0.493 e. The topological polar surface area (TPSA) is 65.7 Å². The molecule has 0 aromatic carbocycles. The number of methoxy groups -OCH3 is 2. The van der Waals surface area contributed by atoms with E-state index in [1.54, 1.807) is 32.1 Å². The number of rotatable bonds is 8. The van der Waals surface area contributed by atoms with E-state index in [4.69, 9.17) is 14.2 Å². The van der Waals surface area contributed by atoms with Crippen molar-refractivity contribution >= 4 is 0 Å². The van der Waals surface area contributed by atoms with Crippen LogP contribution >= 0.6 is 0 Å². The highest BCUT2D eigenvalue weighted by atomic mass is 16.5. The highest BCUT2D eigenvalue weighted by Gasteiger charge is 2.17. The first-order valence-electron chi connectivity index (χ1n) is 5.51. The lowest BCUT2D eigenvalue weighted by molar-refractivity contribution is 0.0453. The van der Waals surface area contributed by atoms with Crippen LogP contribution in [0.1, 0.15) is 18.2 Å². The molecule has 6 heteroatoms. The van der Waals surface area contributed by atoms with Gasteiger partial charge in [-0.2, -0.15) is 5.10 Å². The second kappa shape index (κ2) is 7.26. The fourth-order valence-electron chi connectivity index (χ4n) is 1.54. The number of aromatic nitrogens is 2. The fraction of sp³-hybridized carbons (Fsp3) is 0.727. The van der Waals surface area contributed by atoms with Crippen LogP contribution in [0.2, 0.25) is 0 Å². The lowest BCUT2D eigenvalue weighted by atomic mass is 10.2. The number of ether oxygens (including phenoxy) is 3. The molecule has 98 valence electrons. The summed E-state index contributed by atoms with van der Waals surface area (Å²) in [7, 11) is 4.95. The summed E-state index contributed by atoms with van der Waals surface area (Å²) in [5.74, 6) is 0.594. The quantitative estimate of drug-likeness (QED) is 0.675. The normalized spacial score (nSPS) is 12.7. The summed E-state index contributed by atoms with van der Waals surface area (Å²) in [5, 5.41) is 14.0. The summed E-state index contributed by atoms with van der Waals surface area (Å²) >= 11 is 0. The van der Waals surface area contributed by atoms with Gasteiger partial charge in [0.15, 0.2) is 5.75 Å². The zero-order chi connectivity index (χ0) is 12.7. The molecule has 1 rings (SSSR count). The molecule has 0 aliphatic heterocycles. The molecular weight excluding hydrogens is 224 g/mol. The molecule has 0 bridgehead atoms. The van der Waals surface area contributed by atoms with Gasteiger partial charge in [-0.05, 0) is 0 Å². The summed E-state index contributed by atoms with van der Waals surface area (Å²) in [6.45, 7) is 1.57. The van der Waals surface area contributed by atoms with Crippen LogP contribution in [0.4, 0.5) is 0 Å². The highest BCUT2D eigenvalue weighted by molar-refractivity contribution is 5.26. The Bertz CT molecular complexity index is 327. The first-order chi connectivity index (χ1) is 8.20. The molecule has 17 heavy (non-hydrogen) atoms. The Morgan fingerprint density at radius 1 is 1.35 bits per heavy atom. The molecule has 1 atom stereocenters. The lowest BCUT2D eigenvalue weighted by Gasteiger charge is -2.13. The zero-order valence-corrected chi connectivity index (χ0v) is 10.5. The van der Waals surface area contributed by atoms with E-state index in [9.17, 15) is 5.11 Å². The fourth-order valence-corrected chi connectivity index (χ4v) is 1.54. The van der Waals surface area contributed by atoms with E-state index < -0.39 is 6.10 Å². The van der Waals surface area contributed by atoms with Crippen molar-refractivity contribution in [1.82, 2.24) is 9.78 Å². The van der Waals surface area contributed by atoms with Crippen molar-refractivity contribution in [3.63, 3.8) is 0 Å². The van der Waals surface area contributed by atoms with Gasteiger partial charge in [0, 0.05) is 27.2 Å². The van der Waals surface area contributed by atoms with Crippen LogP contribution in [0, 0.1) is 0 Å². The SMILES string of the molecule is COCCOCCC(O)c1c(OC)cnn1C. The molecule has 1 aromatic heterocycles. The molecular formula is C11H20N2O4. The van der Waals surface area contributed by atoms with Gasteiger partial charge in [-0.15, -0.1) is 0 Å². The van der Waals surface area contributed by atoms with Gasteiger partial charge in [-0.1, -0.05) is 0 Å². The number of aliphatic hydroxyl groups excluding tert-OH is 1. The molecule has 0 saturated heterocycles. The Labute approximate surface area is 101 Å². The van der Waals surface area contributed by atoms with Crippen molar-refractivity contribution in [3.8, 4) is 5.75 Å². The molecule has 1 heterocycles.